The van der Waals surface area contributed by atoms with Gasteiger partial charge in [-0.3, -0.25) is 0 Å². The summed E-state index contributed by atoms with van der Waals surface area (Å²) in [7, 11) is 0. The van der Waals surface area contributed by atoms with Crippen LogP contribution in [0, 0.1) is 6.92 Å². The SMILES string of the molecule is Cc1c2c(cc(Br)c1C1(CN)CCCCC1)OCCO2. The number of ether oxygens (including phenoxy) is 2. The molecule has 0 spiro atoms. The average molecular weight is 340 g/mol. The van der Waals surface area contributed by atoms with E-state index in [1.165, 1.54) is 43.2 Å². The fourth-order valence-corrected chi connectivity index (χ4v) is 4.67. The minimum Gasteiger partial charge on any atom is -0.486 e. The topological polar surface area (TPSA) is 44.5 Å². The number of benzene rings is 1. The zero-order valence-corrected chi connectivity index (χ0v) is 13.6. The van der Waals surface area contributed by atoms with E-state index in [1.807, 2.05) is 0 Å². The molecule has 2 aliphatic rings. The van der Waals surface area contributed by atoms with Crippen LogP contribution in [-0.2, 0) is 5.41 Å². The molecule has 0 amide bonds. The van der Waals surface area contributed by atoms with Crippen molar-refractivity contribution in [2.45, 2.75) is 44.4 Å². The van der Waals surface area contributed by atoms with Crippen molar-refractivity contribution in [3.05, 3.63) is 21.7 Å². The Labute approximate surface area is 129 Å². The predicted octanol–water partition coefficient (Wildman–Crippen LogP) is 3.69. The molecule has 0 atom stereocenters. The molecule has 0 bridgehead atoms. The van der Waals surface area contributed by atoms with Crippen molar-refractivity contribution in [2.75, 3.05) is 19.8 Å². The summed E-state index contributed by atoms with van der Waals surface area (Å²) < 4.78 is 12.7. The van der Waals surface area contributed by atoms with Gasteiger partial charge in [0.2, 0.25) is 0 Å². The van der Waals surface area contributed by atoms with Crippen molar-refractivity contribution in [1.82, 2.24) is 0 Å². The van der Waals surface area contributed by atoms with Crippen molar-refractivity contribution in [3.63, 3.8) is 0 Å². The quantitative estimate of drug-likeness (QED) is 0.893. The summed E-state index contributed by atoms with van der Waals surface area (Å²) in [5, 5.41) is 0. The van der Waals surface area contributed by atoms with Gasteiger partial charge in [0.05, 0.1) is 0 Å². The van der Waals surface area contributed by atoms with Crippen molar-refractivity contribution < 1.29 is 9.47 Å². The van der Waals surface area contributed by atoms with Crippen LogP contribution in [0.3, 0.4) is 0 Å². The molecule has 1 fully saturated rings. The molecular formula is C16H22BrNO2. The summed E-state index contributed by atoms with van der Waals surface area (Å²) in [4.78, 5) is 0. The molecule has 0 saturated heterocycles. The number of hydrogen-bond donors (Lipinski definition) is 1. The maximum absolute atomic E-state index is 6.19. The third kappa shape index (κ3) is 2.23. The molecule has 1 aliphatic heterocycles. The molecule has 0 radical (unpaired) electrons. The average Bonchev–Trinajstić information content (AvgIpc) is 2.48. The Balaban J connectivity index is 2.12. The Bertz CT molecular complexity index is 510. The molecule has 4 heteroatoms. The highest BCUT2D eigenvalue weighted by Gasteiger charge is 2.37. The molecular weight excluding hydrogens is 318 g/mol. The summed E-state index contributed by atoms with van der Waals surface area (Å²) in [6.45, 7) is 4.09. The molecule has 3 nitrogen and oxygen atoms in total. The lowest BCUT2D eigenvalue weighted by Crippen LogP contribution is -2.38. The predicted molar refractivity (Wildman–Crippen MR) is 83.7 cm³/mol. The Morgan fingerprint density at radius 3 is 2.60 bits per heavy atom. The Hall–Kier alpha value is -0.740. The second-order valence-electron chi connectivity index (χ2n) is 5.93. The molecule has 110 valence electrons. The van der Waals surface area contributed by atoms with Gasteiger partial charge in [-0.15, -0.1) is 0 Å². The van der Waals surface area contributed by atoms with E-state index < -0.39 is 0 Å². The smallest absolute Gasteiger partial charge is 0.164 e. The first-order valence-electron chi connectivity index (χ1n) is 7.47. The molecule has 0 unspecified atom stereocenters. The van der Waals surface area contributed by atoms with Gasteiger partial charge in [-0.25, -0.2) is 0 Å². The maximum Gasteiger partial charge on any atom is 0.164 e. The lowest BCUT2D eigenvalue weighted by molar-refractivity contribution is 0.169. The minimum atomic E-state index is 0.0942. The first kappa shape index (κ1) is 14.2. The van der Waals surface area contributed by atoms with Crippen LogP contribution in [-0.4, -0.2) is 19.8 Å². The zero-order chi connectivity index (χ0) is 14.2. The lowest BCUT2D eigenvalue weighted by Gasteiger charge is -2.39. The van der Waals surface area contributed by atoms with Crippen molar-refractivity contribution in [1.29, 1.82) is 0 Å². The maximum atomic E-state index is 6.19. The minimum absolute atomic E-state index is 0.0942. The number of hydrogen-bond acceptors (Lipinski definition) is 3. The third-order valence-electron chi connectivity index (χ3n) is 4.76. The number of nitrogens with two attached hydrogens (primary N) is 1. The molecule has 1 saturated carbocycles. The van der Waals surface area contributed by atoms with Crippen molar-refractivity contribution in [2.24, 2.45) is 5.73 Å². The highest BCUT2D eigenvalue weighted by atomic mass is 79.9. The highest BCUT2D eigenvalue weighted by Crippen LogP contribution is 2.48. The molecule has 1 aromatic carbocycles. The van der Waals surface area contributed by atoms with Crippen LogP contribution in [0.4, 0.5) is 0 Å². The van der Waals surface area contributed by atoms with Crippen LogP contribution in [0.15, 0.2) is 10.5 Å². The van der Waals surface area contributed by atoms with Gasteiger partial charge in [-0.2, -0.15) is 0 Å². The van der Waals surface area contributed by atoms with Crippen LogP contribution in [0.5, 0.6) is 11.5 Å². The monoisotopic (exact) mass is 339 g/mol. The molecule has 2 N–H and O–H groups in total. The lowest BCUT2D eigenvalue weighted by atomic mass is 9.68. The van der Waals surface area contributed by atoms with Gasteiger partial charge < -0.3 is 15.2 Å². The van der Waals surface area contributed by atoms with E-state index in [1.54, 1.807) is 0 Å². The first-order valence-corrected chi connectivity index (χ1v) is 8.26. The van der Waals surface area contributed by atoms with Gasteiger partial charge in [0.25, 0.3) is 0 Å². The van der Waals surface area contributed by atoms with Crippen LogP contribution >= 0.6 is 15.9 Å². The first-order chi connectivity index (χ1) is 9.68. The van der Waals surface area contributed by atoms with E-state index in [0.29, 0.717) is 19.8 Å². The van der Waals surface area contributed by atoms with Gasteiger partial charge in [0.1, 0.15) is 13.2 Å². The molecule has 0 aromatic heterocycles. The van der Waals surface area contributed by atoms with Crippen molar-refractivity contribution in [3.8, 4) is 11.5 Å². The molecule has 1 heterocycles. The summed E-state index contributed by atoms with van der Waals surface area (Å²) in [5.41, 5.74) is 8.82. The third-order valence-corrected chi connectivity index (χ3v) is 5.38. The van der Waals surface area contributed by atoms with Gasteiger partial charge in [0.15, 0.2) is 11.5 Å². The van der Waals surface area contributed by atoms with Crippen molar-refractivity contribution >= 4 is 15.9 Å². The van der Waals surface area contributed by atoms with Gasteiger partial charge >= 0.3 is 0 Å². The molecule has 20 heavy (non-hydrogen) atoms. The van der Waals surface area contributed by atoms with E-state index in [-0.39, 0.29) is 5.41 Å². The Morgan fingerprint density at radius 2 is 1.90 bits per heavy atom. The summed E-state index contributed by atoms with van der Waals surface area (Å²) in [6, 6.07) is 2.06. The van der Waals surface area contributed by atoms with Crippen LogP contribution in [0.1, 0.15) is 43.2 Å². The standard InChI is InChI=1S/C16H22BrNO2/c1-11-14(16(10-18)5-3-2-4-6-16)12(17)9-13-15(11)20-8-7-19-13/h9H,2-8,10,18H2,1H3. The Kier molecular flexibility index (Phi) is 3.95. The normalized spacial score (nSPS) is 20.8. The number of halogens is 1. The van der Waals surface area contributed by atoms with E-state index >= 15 is 0 Å². The van der Waals surface area contributed by atoms with E-state index in [0.717, 1.165) is 16.0 Å². The largest absolute Gasteiger partial charge is 0.486 e. The van der Waals surface area contributed by atoms with E-state index in [9.17, 15) is 0 Å². The van der Waals surface area contributed by atoms with Gasteiger partial charge in [0, 0.05) is 16.4 Å². The zero-order valence-electron chi connectivity index (χ0n) is 12.0. The molecule has 1 aromatic rings. The number of fused-ring (bicyclic) bond motifs is 1. The second kappa shape index (κ2) is 5.57. The van der Waals surface area contributed by atoms with E-state index in [2.05, 4.69) is 28.9 Å². The summed E-state index contributed by atoms with van der Waals surface area (Å²) in [6.07, 6.45) is 6.18. The second-order valence-corrected chi connectivity index (χ2v) is 6.78. The number of rotatable bonds is 2. The summed E-state index contributed by atoms with van der Waals surface area (Å²) >= 11 is 3.75. The fourth-order valence-electron chi connectivity index (χ4n) is 3.75. The van der Waals surface area contributed by atoms with Crippen LogP contribution in [0.2, 0.25) is 0 Å². The fraction of sp³-hybridized carbons (Fsp3) is 0.625. The van der Waals surface area contributed by atoms with Gasteiger partial charge in [-0.1, -0.05) is 35.2 Å². The molecule has 1 aliphatic carbocycles. The van der Waals surface area contributed by atoms with Crippen LogP contribution < -0.4 is 15.2 Å². The van der Waals surface area contributed by atoms with Gasteiger partial charge in [-0.05, 0) is 37.0 Å². The Morgan fingerprint density at radius 1 is 1.20 bits per heavy atom. The highest BCUT2D eigenvalue weighted by molar-refractivity contribution is 9.10. The summed E-state index contributed by atoms with van der Waals surface area (Å²) in [5.74, 6) is 1.76. The van der Waals surface area contributed by atoms with E-state index in [4.69, 9.17) is 15.2 Å². The van der Waals surface area contributed by atoms with Crippen LogP contribution in [0.25, 0.3) is 0 Å². The molecule has 3 rings (SSSR count).